The minimum absolute atomic E-state index is 0.0986. The number of aldehydes is 1. The molecule has 0 amide bonds. The van der Waals surface area contributed by atoms with E-state index < -0.39 is 11.8 Å². The van der Waals surface area contributed by atoms with Crippen LogP contribution in [0.1, 0.15) is 20.7 Å². The fraction of sp³-hybridized carbons (Fsp3) is 0. The number of hydrogen-bond donors (Lipinski definition) is 1. The van der Waals surface area contributed by atoms with Gasteiger partial charge in [-0.2, -0.15) is 0 Å². The number of hydrogen-bond acceptors (Lipinski definition) is 2. The third-order valence-corrected chi connectivity index (χ3v) is 1.37. The molecule has 1 aromatic carbocycles. The summed E-state index contributed by atoms with van der Waals surface area (Å²) in [5.74, 6) is -1.90. The third-order valence-electron chi connectivity index (χ3n) is 1.37. The molecule has 0 bridgehead atoms. The maximum absolute atomic E-state index is 12.6. The van der Waals surface area contributed by atoms with E-state index in [2.05, 4.69) is 0 Å². The van der Waals surface area contributed by atoms with Gasteiger partial charge in [0.2, 0.25) is 0 Å². The molecule has 3 nitrogen and oxygen atoms in total. The van der Waals surface area contributed by atoms with Crippen molar-refractivity contribution < 1.29 is 19.1 Å². The Morgan fingerprint density at radius 3 is 2.67 bits per heavy atom. The summed E-state index contributed by atoms with van der Waals surface area (Å²) in [6.07, 6.45) is 0.280. The summed E-state index contributed by atoms with van der Waals surface area (Å²) in [4.78, 5) is 20.5. The van der Waals surface area contributed by atoms with Crippen molar-refractivity contribution in [3.63, 3.8) is 0 Å². The summed E-state index contributed by atoms with van der Waals surface area (Å²) in [6.45, 7) is 0. The highest BCUT2D eigenvalue weighted by Gasteiger charge is 2.06. The van der Waals surface area contributed by atoms with E-state index >= 15 is 0 Å². The van der Waals surface area contributed by atoms with Crippen LogP contribution in [-0.4, -0.2) is 17.4 Å². The molecule has 0 aromatic heterocycles. The zero-order valence-corrected chi connectivity index (χ0v) is 5.95. The van der Waals surface area contributed by atoms with Crippen molar-refractivity contribution in [1.29, 1.82) is 0 Å². The van der Waals surface area contributed by atoms with E-state index in [1.807, 2.05) is 0 Å². The summed E-state index contributed by atoms with van der Waals surface area (Å²) in [6, 6.07) is 3.04. The Morgan fingerprint density at radius 2 is 2.17 bits per heavy atom. The first-order valence-corrected chi connectivity index (χ1v) is 3.13. The van der Waals surface area contributed by atoms with Gasteiger partial charge in [-0.05, 0) is 18.2 Å². The molecule has 0 radical (unpaired) electrons. The highest BCUT2D eigenvalue weighted by Crippen LogP contribution is 2.08. The van der Waals surface area contributed by atoms with Gasteiger partial charge in [0.25, 0.3) is 0 Å². The van der Waals surface area contributed by atoms with E-state index in [0.717, 1.165) is 18.2 Å². The van der Waals surface area contributed by atoms with E-state index in [9.17, 15) is 14.0 Å². The van der Waals surface area contributed by atoms with E-state index in [1.54, 1.807) is 0 Å². The van der Waals surface area contributed by atoms with Crippen molar-refractivity contribution >= 4 is 12.3 Å². The minimum Gasteiger partial charge on any atom is -0.478 e. The number of aromatic carboxylic acids is 1. The molecular weight excluding hydrogens is 163 g/mol. The lowest BCUT2D eigenvalue weighted by Crippen LogP contribution is -1.98. The van der Waals surface area contributed by atoms with E-state index in [-0.39, 0.29) is 17.4 Å². The van der Waals surface area contributed by atoms with Crippen LogP contribution in [0.15, 0.2) is 18.2 Å². The van der Waals surface area contributed by atoms with Gasteiger partial charge in [-0.25, -0.2) is 9.18 Å². The monoisotopic (exact) mass is 168 g/mol. The van der Waals surface area contributed by atoms with Gasteiger partial charge >= 0.3 is 5.97 Å². The molecule has 0 aliphatic rings. The van der Waals surface area contributed by atoms with Gasteiger partial charge in [0.05, 0.1) is 11.1 Å². The number of carbonyl (C=O) groups is 2. The first-order chi connectivity index (χ1) is 5.65. The molecule has 62 valence electrons. The topological polar surface area (TPSA) is 54.4 Å². The molecule has 0 aliphatic heterocycles. The Kier molecular flexibility index (Phi) is 2.19. The molecule has 1 N–H and O–H groups in total. The summed E-state index contributed by atoms with van der Waals surface area (Å²) >= 11 is 0. The van der Waals surface area contributed by atoms with Crippen molar-refractivity contribution in [2.24, 2.45) is 0 Å². The van der Waals surface area contributed by atoms with Crippen LogP contribution in [0.5, 0.6) is 0 Å². The summed E-state index contributed by atoms with van der Waals surface area (Å²) in [7, 11) is 0. The maximum Gasteiger partial charge on any atom is 0.335 e. The summed E-state index contributed by atoms with van der Waals surface area (Å²) in [5.41, 5.74) is -0.339. The van der Waals surface area contributed by atoms with Crippen LogP contribution < -0.4 is 0 Å². The SMILES string of the molecule is O=Cc1cc(C(=O)O)ccc1F. The number of carboxylic acid groups (broad SMARTS) is 1. The molecule has 0 saturated carbocycles. The van der Waals surface area contributed by atoms with Crippen molar-refractivity contribution in [1.82, 2.24) is 0 Å². The molecule has 0 saturated heterocycles. The van der Waals surface area contributed by atoms with Crippen LogP contribution >= 0.6 is 0 Å². The van der Waals surface area contributed by atoms with Crippen LogP contribution in [0, 0.1) is 5.82 Å². The minimum atomic E-state index is -1.18. The number of benzene rings is 1. The van der Waals surface area contributed by atoms with Gasteiger partial charge in [-0.1, -0.05) is 0 Å². The normalized spacial score (nSPS) is 9.42. The van der Waals surface area contributed by atoms with Crippen LogP contribution in [-0.2, 0) is 0 Å². The lowest BCUT2D eigenvalue weighted by Gasteiger charge is -1.96. The molecule has 0 spiro atoms. The van der Waals surface area contributed by atoms with Crippen LogP contribution in [0.25, 0.3) is 0 Å². The van der Waals surface area contributed by atoms with E-state index in [4.69, 9.17) is 5.11 Å². The summed E-state index contributed by atoms with van der Waals surface area (Å²) in [5, 5.41) is 8.46. The van der Waals surface area contributed by atoms with Gasteiger partial charge in [0, 0.05) is 0 Å². The average Bonchev–Trinajstić information content (AvgIpc) is 2.05. The van der Waals surface area contributed by atoms with Gasteiger partial charge in [-0.15, -0.1) is 0 Å². The second kappa shape index (κ2) is 3.13. The predicted molar refractivity (Wildman–Crippen MR) is 38.7 cm³/mol. The first kappa shape index (κ1) is 8.39. The van der Waals surface area contributed by atoms with Crippen molar-refractivity contribution in [2.75, 3.05) is 0 Å². The second-order valence-electron chi connectivity index (χ2n) is 2.16. The zero-order chi connectivity index (χ0) is 9.14. The Hall–Kier alpha value is -1.71. The van der Waals surface area contributed by atoms with E-state index in [0.29, 0.717) is 0 Å². The fourth-order valence-electron chi connectivity index (χ4n) is 0.767. The van der Waals surface area contributed by atoms with Gasteiger partial charge in [0.15, 0.2) is 6.29 Å². The molecule has 1 aromatic rings. The average molecular weight is 168 g/mol. The van der Waals surface area contributed by atoms with Crippen molar-refractivity contribution in [3.8, 4) is 0 Å². The Balaban J connectivity index is 3.22. The smallest absolute Gasteiger partial charge is 0.335 e. The molecule has 1 rings (SSSR count). The zero-order valence-electron chi connectivity index (χ0n) is 5.95. The maximum atomic E-state index is 12.6. The lowest BCUT2D eigenvalue weighted by atomic mass is 10.1. The predicted octanol–water partition coefficient (Wildman–Crippen LogP) is 1.34. The first-order valence-electron chi connectivity index (χ1n) is 3.13. The molecule has 0 aliphatic carbocycles. The van der Waals surface area contributed by atoms with Crippen molar-refractivity contribution in [2.45, 2.75) is 0 Å². The van der Waals surface area contributed by atoms with E-state index in [1.165, 1.54) is 0 Å². The molecule has 0 atom stereocenters. The Morgan fingerprint density at radius 1 is 1.50 bits per heavy atom. The van der Waals surface area contributed by atoms with Gasteiger partial charge in [-0.3, -0.25) is 4.79 Å². The molecule has 4 heteroatoms. The largest absolute Gasteiger partial charge is 0.478 e. The standard InChI is InChI=1S/C8H5FO3/c9-7-2-1-5(8(11)12)3-6(7)4-10/h1-4H,(H,11,12). The van der Waals surface area contributed by atoms with Gasteiger partial charge in [0.1, 0.15) is 5.82 Å². The van der Waals surface area contributed by atoms with Crippen molar-refractivity contribution in [3.05, 3.63) is 35.1 Å². The summed E-state index contributed by atoms with van der Waals surface area (Å²) < 4.78 is 12.6. The Labute approximate surface area is 67.4 Å². The quantitative estimate of drug-likeness (QED) is 0.678. The highest BCUT2D eigenvalue weighted by molar-refractivity contribution is 5.90. The number of carboxylic acids is 1. The Bertz CT molecular complexity index is 333. The number of carbonyl (C=O) groups excluding carboxylic acids is 1. The van der Waals surface area contributed by atoms with Crippen LogP contribution in [0.2, 0.25) is 0 Å². The van der Waals surface area contributed by atoms with Crippen LogP contribution in [0.4, 0.5) is 4.39 Å². The second-order valence-corrected chi connectivity index (χ2v) is 2.16. The van der Waals surface area contributed by atoms with Gasteiger partial charge < -0.3 is 5.11 Å². The molecule has 0 heterocycles. The highest BCUT2D eigenvalue weighted by atomic mass is 19.1. The fourth-order valence-corrected chi connectivity index (χ4v) is 0.767. The molecular formula is C8H5FO3. The lowest BCUT2D eigenvalue weighted by molar-refractivity contribution is 0.0697. The van der Waals surface area contributed by atoms with Crippen LogP contribution in [0.3, 0.4) is 0 Å². The molecule has 12 heavy (non-hydrogen) atoms. The molecule has 0 fully saturated rings. The number of rotatable bonds is 2. The molecule has 0 unspecified atom stereocenters. The third kappa shape index (κ3) is 1.47. The number of halogens is 1.